The Morgan fingerprint density at radius 3 is 2.62 bits per heavy atom. The van der Waals surface area contributed by atoms with E-state index in [9.17, 15) is 5.11 Å². The lowest BCUT2D eigenvalue weighted by molar-refractivity contribution is 0.128. The highest BCUT2D eigenvalue weighted by Crippen LogP contribution is 2.33. The van der Waals surface area contributed by atoms with Crippen molar-refractivity contribution in [2.24, 2.45) is 5.92 Å². The fourth-order valence-corrected chi connectivity index (χ4v) is 3.47. The molecule has 0 aliphatic heterocycles. The smallest absolute Gasteiger partial charge is 0.0974 e. The highest BCUT2D eigenvalue weighted by atomic mass is 35.5. The van der Waals surface area contributed by atoms with E-state index in [1.165, 1.54) is 38.5 Å². The van der Waals surface area contributed by atoms with Crippen molar-refractivity contribution in [3.8, 4) is 0 Å². The Kier molecular flexibility index (Phi) is 6.52. The molecule has 0 saturated heterocycles. The number of likely N-dealkylation sites (N-methyl/N-ethyl adjacent to an activating group) is 1. The molecule has 1 fully saturated rings. The van der Waals surface area contributed by atoms with Crippen LogP contribution in [0, 0.1) is 5.92 Å². The minimum atomic E-state index is -0.495. The van der Waals surface area contributed by atoms with Crippen molar-refractivity contribution in [2.75, 3.05) is 20.6 Å². The average molecular weight is 314 g/mol. The summed E-state index contributed by atoms with van der Waals surface area (Å²) >= 11 is 6.25. The predicted molar refractivity (Wildman–Crippen MR) is 86.6 cm³/mol. The summed E-state index contributed by atoms with van der Waals surface area (Å²) in [5.41, 5.74) is 0.794. The maximum atomic E-state index is 10.6. The van der Waals surface area contributed by atoms with Gasteiger partial charge in [-0.3, -0.25) is 4.68 Å². The van der Waals surface area contributed by atoms with Crippen molar-refractivity contribution >= 4 is 11.6 Å². The first kappa shape index (κ1) is 16.8. The highest BCUT2D eigenvalue weighted by molar-refractivity contribution is 6.31. The van der Waals surface area contributed by atoms with E-state index in [0.717, 1.165) is 25.2 Å². The van der Waals surface area contributed by atoms with Gasteiger partial charge >= 0.3 is 0 Å². The lowest BCUT2D eigenvalue weighted by Gasteiger charge is -2.20. The molecule has 1 aromatic heterocycles. The highest BCUT2D eigenvalue weighted by Gasteiger charge is 2.23. The summed E-state index contributed by atoms with van der Waals surface area (Å²) in [7, 11) is 4.07. The maximum Gasteiger partial charge on any atom is 0.0974 e. The van der Waals surface area contributed by atoms with Crippen LogP contribution in [0.3, 0.4) is 0 Å². The molecular formula is C16H28ClN3O. The number of aromatic nitrogens is 2. The van der Waals surface area contributed by atoms with Crippen LogP contribution in [0.25, 0.3) is 0 Å². The molecule has 1 N–H and O–H groups in total. The van der Waals surface area contributed by atoms with Crippen LogP contribution in [-0.2, 0) is 6.54 Å². The van der Waals surface area contributed by atoms with Gasteiger partial charge in [-0.1, -0.05) is 50.1 Å². The normalized spacial score (nSPS) is 18.9. The van der Waals surface area contributed by atoms with Crippen LogP contribution in [0.5, 0.6) is 0 Å². The summed E-state index contributed by atoms with van der Waals surface area (Å²) < 4.78 is 1.86. The van der Waals surface area contributed by atoms with E-state index in [1.54, 1.807) is 6.20 Å². The summed E-state index contributed by atoms with van der Waals surface area (Å²) in [6.07, 6.45) is 9.72. The molecule has 1 unspecified atom stereocenters. The zero-order chi connectivity index (χ0) is 15.2. The van der Waals surface area contributed by atoms with Gasteiger partial charge in [0.1, 0.15) is 0 Å². The SMILES string of the molecule is CN(C)CCn1ncc(Cl)c1C(O)CC1CCCCCC1. The van der Waals surface area contributed by atoms with E-state index < -0.39 is 6.10 Å². The lowest BCUT2D eigenvalue weighted by Crippen LogP contribution is -2.21. The molecule has 21 heavy (non-hydrogen) atoms. The Labute approximate surface area is 133 Å². The molecule has 1 heterocycles. The Morgan fingerprint density at radius 1 is 1.33 bits per heavy atom. The minimum absolute atomic E-state index is 0.495. The van der Waals surface area contributed by atoms with Gasteiger partial charge in [-0.2, -0.15) is 5.10 Å². The molecule has 120 valence electrons. The van der Waals surface area contributed by atoms with Gasteiger partial charge < -0.3 is 10.0 Å². The third-order valence-electron chi connectivity index (χ3n) is 4.44. The number of hydrogen-bond donors (Lipinski definition) is 1. The molecule has 1 saturated carbocycles. The number of halogens is 1. The number of rotatable bonds is 6. The molecule has 0 radical (unpaired) electrons. The van der Waals surface area contributed by atoms with Crippen LogP contribution >= 0.6 is 11.6 Å². The topological polar surface area (TPSA) is 41.3 Å². The third kappa shape index (κ3) is 4.97. The summed E-state index contributed by atoms with van der Waals surface area (Å²) in [5, 5.41) is 15.5. The summed E-state index contributed by atoms with van der Waals surface area (Å²) in [6.45, 7) is 1.65. The Hall–Kier alpha value is -0.580. The lowest BCUT2D eigenvalue weighted by atomic mass is 9.92. The summed E-state index contributed by atoms with van der Waals surface area (Å²) in [4.78, 5) is 2.11. The maximum absolute atomic E-state index is 10.6. The van der Waals surface area contributed by atoms with Crippen LogP contribution in [0.1, 0.15) is 56.7 Å². The molecule has 2 rings (SSSR count). The zero-order valence-electron chi connectivity index (χ0n) is 13.3. The zero-order valence-corrected chi connectivity index (χ0v) is 14.0. The molecule has 5 heteroatoms. The molecule has 0 bridgehead atoms. The van der Waals surface area contributed by atoms with Crippen molar-refractivity contribution in [2.45, 2.75) is 57.6 Å². The van der Waals surface area contributed by atoms with Crippen LogP contribution in [0.15, 0.2) is 6.20 Å². The van der Waals surface area contributed by atoms with Crippen LogP contribution < -0.4 is 0 Å². The molecule has 1 aromatic rings. The van der Waals surface area contributed by atoms with Gasteiger partial charge in [0.2, 0.25) is 0 Å². The van der Waals surface area contributed by atoms with Crippen LogP contribution in [-0.4, -0.2) is 40.4 Å². The molecule has 0 amide bonds. The minimum Gasteiger partial charge on any atom is -0.387 e. The second-order valence-electron chi connectivity index (χ2n) is 6.51. The van der Waals surface area contributed by atoms with Gasteiger partial charge in [0, 0.05) is 6.54 Å². The molecule has 0 spiro atoms. The van der Waals surface area contributed by atoms with E-state index in [0.29, 0.717) is 10.9 Å². The monoisotopic (exact) mass is 313 g/mol. The second kappa shape index (κ2) is 8.16. The standard InChI is InChI=1S/C16H28ClN3O/c1-19(2)9-10-20-16(14(17)12-18-20)15(21)11-13-7-5-3-4-6-8-13/h12-13,15,21H,3-11H2,1-2H3. The van der Waals surface area contributed by atoms with Gasteiger partial charge in [-0.25, -0.2) is 0 Å². The molecule has 1 aliphatic carbocycles. The van der Waals surface area contributed by atoms with Crippen molar-refractivity contribution in [3.05, 3.63) is 16.9 Å². The van der Waals surface area contributed by atoms with Crippen LogP contribution in [0.2, 0.25) is 5.02 Å². The van der Waals surface area contributed by atoms with E-state index in [-0.39, 0.29) is 0 Å². The number of hydrogen-bond acceptors (Lipinski definition) is 3. The summed E-state index contributed by atoms with van der Waals surface area (Å²) in [5.74, 6) is 0.621. The quantitative estimate of drug-likeness (QED) is 0.817. The number of nitrogens with zero attached hydrogens (tertiary/aromatic N) is 3. The fraction of sp³-hybridized carbons (Fsp3) is 0.812. The van der Waals surface area contributed by atoms with Gasteiger partial charge in [0.05, 0.1) is 29.6 Å². The molecule has 0 aromatic carbocycles. The van der Waals surface area contributed by atoms with Gasteiger partial charge in [0.15, 0.2) is 0 Å². The largest absolute Gasteiger partial charge is 0.387 e. The first-order valence-corrected chi connectivity index (χ1v) is 8.49. The molecule has 1 atom stereocenters. The van der Waals surface area contributed by atoms with Crippen molar-refractivity contribution in [1.29, 1.82) is 0 Å². The Bertz CT molecular complexity index is 425. The van der Waals surface area contributed by atoms with Gasteiger partial charge in [-0.15, -0.1) is 0 Å². The molecule has 4 nitrogen and oxygen atoms in total. The van der Waals surface area contributed by atoms with Gasteiger partial charge in [-0.05, 0) is 26.4 Å². The van der Waals surface area contributed by atoms with E-state index in [4.69, 9.17) is 11.6 Å². The van der Waals surface area contributed by atoms with E-state index in [2.05, 4.69) is 10.00 Å². The predicted octanol–water partition coefficient (Wildman–Crippen LogP) is 3.49. The number of aliphatic hydroxyl groups excluding tert-OH is 1. The van der Waals surface area contributed by atoms with Crippen molar-refractivity contribution < 1.29 is 5.11 Å². The Balaban J connectivity index is 2.00. The van der Waals surface area contributed by atoms with Crippen LogP contribution in [0.4, 0.5) is 0 Å². The second-order valence-corrected chi connectivity index (χ2v) is 6.92. The third-order valence-corrected chi connectivity index (χ3v) is 4.73. The van der Waals surface area contributed by atoms with Gasteiger partial charge in [0.25, 0.3) is 0 Å². The van der Waals surface area contributed by atoms with E-state index in [1.807, 2.05) is 18.8 Å². The number of aliphatic hydroxyl groups is 1. The average Bonchev–Trinajstić information content (AvgIpc) is 2.63. The van der Waals surface area contributed by atoms with E-state index >= 15 is 0 Å². The van der Waals surface area contributed by atoms with Crippen molar-refractivity contribution in [1.82, 2.24) is 14.7 Å². The summed E-state index contributed by atoms with van der Waals surface area (Å²) in [6, 6.07) is 0. The molecule has 1 aliphatic rings. The molecular weight excluding hydrogens is 286 g/mol. The Morgan fingerprint density at radius 2 is 2.00 bits per heavy atom. The van der Waals surface area contributed by atoms with Crippen molar-refractivity contribution in [3.63, 3.8) is 0 Å². The first-order chi connectivity index (χ1) is 10.1. The fourth-order valence-electron chi connectivity index (χ4n) is 3.20. The first-order valence-electron chi connectivity index (χ1n) is 8.12.